The maximum Gasteiger partial charge on any atom is 0.144 e. The Bertz CT molecular complexity index is 502. The molecule has 2 rings (SSSR count). The summed E-state index contributed by atoms with van der Waals surface area (Å²) in [5.74, 6) is 0.365. The molecule has 5 heteroatoms. The summed E-state index contributed by atoms with van der Waals surface area (Å²) in [6.45, 7) is 0. The molecule has 0 aliphatic rings. The molecule has 0 aliphatic carbocycles. The van der Waals surface area contributed by atoms with Crippen molar-refractivity contribution in [1.29, 1.82) is 0 Å². The molecule has 0 fully saturated rings. The van der Waals surface area contributed by atoms with Gasteiger partial charge in [-0.3, -0.25) is 0 Å². The van der Waals surface area contributed by atoms with Crippen molar-refractivity contribution in [2.24, 2.45) is 0 Å². The van der Waals surface area contributed by atoms with E-state index in [2.05, 4.69) is 26.2 Å². The number of hydrogen-bond donors (Lipinski definition) is 1. The van der Waals surface area contributed by atoms with Crippen LogP contribution in [0.4, 0.5) is 15.9 Å². The van der Waals surface area contributed by atoms with E-state index in [-0.39, 0.29) is 5.82 Å². The lowest BCUT2D eigenvalue weighted by Gasteiger charge is -2.07. The molecule has 2 nitrogen and oxygen atoms in total. The second kappa shape index (κ2) is 4.80. The molecule has 1 aromatic heterocycles. The van der Waals surface area contributed by atoms with Crippen molar-refractivity contribution in [3.8, 4) is 0 Å². The van der Waals surface area contributed by atoms with Crippen LogP contribution in [0.5, 0.6) is 0 Å². The zero-order valence-electron chi connectivity index (χ0n) is 8.05. The molecule has 0 unspecified atom stereocenters. The highest BCUT2D eigenvalue weighted by molar-refractivity contribution is 9.10. The van der Waals surface area contributed by atoms with Crippen LogP contribution in [0.2, 0.25) is 5.02 Å². The Kier molecular flexibility index (Phi) is 3.41. The Morgan fingerprint density at radius 2 is 1.94 bits per heavy atom. The fourth-order valence-corrected chi connectivity index (χ4v) is 1.91. The largest absolute Gasteiger partial charge is 0.339 e. The van der Waals surface area contributed by atoms with Crippen molar-refractivity contribution in [3.63, 3.8) is 0 Å². The summed E-state index contributed by atoms with van der Waals surface area (Å²) in [7, 11) is 0. The fraction of sp³-hybridized carbons (Fsp3) is 0. The van der Waals surface area contributed by atoms with E-state index in [0.29, 0.717) is 10.8 Å². The van der Waals surface area contributed by atoms with E-state index in [0.717, 1.165) is 10.2 Å². The zero-order valence-corrected chi connectivity index (χ0v) is 10.4. The van der Waals surface area contributed by atoms with Crippen molar-refractivity contribution in [2.45, 2.75) is 0 Å². The Hall–Kier alpha value is -1.13. The molecule has 0 saturated carbocycles. The third kappa shape index (κ3) is 2.71. The minimum absolute atomic E-state index is 0.270. The lowest BCUT2D eigenvalue weighted by molar-refractivity contribution is 0.628. The van der Waals surface area contributed by atoms with Gasteiger partial charge in [0.2, 0.25) is 0 Å². The predicted octanol–water partition coefficient (Wildman–Crippen LogP) is 4.38. The molecule has 0 saturated heterocycles. The lowest BCUT2D eigenvalue weighted by atomic mass is 10.3. The van der Waals surface area contributed by atoms with Crippen LogP contribution in [0.1, 0.15) is 0 Å². The molecular formula is C11H7BrClFN2. The van der Waals surface area contributed by atoms with E-state index in [1.54, 1.807) is 18.2 Å². The number of aromatic nitrogens is 1. The van der Waals surface area contributed by atoms with Gasteiger partial charge in [0.05, 0.1) is 9.50 Å². The van der Waals surface area contributed by atoms with E-state index in [1.807, 2.05) is 0 Å². The number of hydrogen-bond acceptors (Lipinski definition) is 2. The summed E-state index contributed by atoms with van der Waals surface area (Å²) < 4.78 is 13.4. The average Bonchev–Trinajstić information content (AvgIpc) is 2.25. The van der Waals surface area contributed by atoms with Gasteiger partial charge in [-0.1, -0.05) is 11.6 Å². The topological polar surface area (TPSA) is 24.9 Å². The molecular weight excluding hydrogens is 294 g/mol. The normalized spacial score (nSPS) is 10.2. The first kappa shape index (κ1) is 11.4. The lowest BCUT2D eigenvalue weighted by Crippen LogP contribution is -1.94. The van der Waals surface area contributed by atoms with E-state index in [9.17, 15) is 4.39 Å². The van der Waals surface area contributed by atoms with E-state index in [1.165, 1.54) is 18.3 Å². The predicted molar refractivity (Wildman–Crippen MR) is 66.6 cm³/mol. The Morgan fingerprint density at radius 1 is 1.25 bits per heavy atom. The Balaban J connectivity index is 2.23. The first-order chi connectivity index (χ1) is 7.65. The summed E-state index contributed by atoms with van der Waals surface area (Å²) in [4.78, 5) is 4.11. The van der Waals surface area contributed by atoms with Gasteiger partial charge in [-0.05, 0) is 46.3 Å². The molecule has 1 N–H and O–H groups in total. The van der Waals surface area contributed by atoms with Gasteiger partial charge in [-0.25, -0.2) is 9.37 Å². The van der Waals surface area contributed by atoms with Crippen LogP contribution in [0.3, 0.4) is 0 Å². The maximum atomic E-state index is 12.7. The number of nitrogens with one attached hydrogen (secondary N) is 1. The van der Waals surface area contributed by atoms with Crippen molar-refractivity contribution in [3.05, 3.63) is 51.8 Å². The van der Waals surface area contributed by atoms with Gasteiger partial charge in [0.1, 0.15) is 11.6 Å². The molecule has 1 aromatic carbocycles. The zero-order chi connectivity index (χ0) is 11.5. The van der Waals surface area contributed by atoms with Gasteiger partial charge in [0.25, 0.3) is 0 Å². The molecule has 16 heavy (non-hydrogen) atoms. The maximum absolute atomic E-state index is 12.7. The quantitative estimate of drug-likeness (QED) is 0.890. The van der Waals surface area contributed by atoms with Gasteiger partial charge in [0, 0.05) is 11.9 Å². The Labute approximate surface area is 106 Å². The van der Waals surface area contributed by atoms with Crippen LogP contribution in [-0.4, -0.2) is 4.98 Å². The van der Waals surface area contributed by atoms with Crippen molar-refractivity contribution < 1.29 is 4.39 Å². The monoisotopic (exact) mass is 300 g/mol. The first-order valence-electron chi connectivity index (χ1n) is 4.49. The van der Waals surface area contributed by atoms with Crippen molar-refractivity contribution >= 4 is 39.0 Å². The smallest absolute Gasteiger partial charge is 0.144 e. The average molecular weight is 302 g/mol. The van der Waals surface area contributed by atoms with E-state index < -0.39 is 0 Å². The van der Waals surface area contributed by atoms with Gasteiger partial charge in [-0.2, -0.15) is 0 Å². The molecule has 2 aromatic rings. The van der Waals surface area contributed by atoms with Gasteiger partial charge in [0.15, 0.2) is 0 Å². The van der Waals surface area contributed by atoms with Crippen molar-refractivity contribution in [1.82, 2.24) is 4.98 Å². The number of anilines is 2. The first-order valence-corrected chi connectivity index (χ1v) is 5.66. The summed E-state index contributed by atoms with van der Waals surface area (Å²) >= 11 is 9.11. The summed E-state index contributed by atoms with van der Waals surface area (Å²) in [6.07, 6.45) is 1.54. The van der Waals surface area contributed by atoms with Crippen LogP contribution in [-0.2, 0) is 0 Å². The molecule has 1 heterocycles. The van der Waals surface area contributed by atoms with Gasteiger partial charge in [-0.15, -0.1) is 0 Å². The van der Waals surface area contributed by atoms with E-state index >= 15 is 0 Å². The number of nitrogens with zero attached hydrogens (tertiary/aromatic N) is 1. The minimum atomic E-state index is -0.270. The molecule has 0 amide bonds. The van der Waals surface area contributed by atoms with Crippen LogP contribution in [0.15, 0.2) is 41.0 Å². The van der Waals surface area contributed by atoms with Crippen LogP contribution in [0.25, 0.3) is 0 Å². The standard InChI is InChI=1S/C11H7BrClFN2/c12-10-5-7(13)6-15-11(10)16-9-3-1-8(14)2-4-9/h1-6H,(H,15,16). The molecule has 0 spiro atoms. The molecule has 0 aliphatic heterocycles. The number of halogens is 3. The molecule has 82 valence electrons. The third-order valence-electron chi connectivity index (χ3n) is 1.91. The summed E-state index contributed by atoms with van der Waals surface area (Å²) in [6, 6.07) is 7.77. The number of benzene rings is 1. The highest BCUT2D eigenvalue weighted by Gasteiger charge is 2.02. The number of rotatable bonds is 2. The van der Waals surface area contributed by atoms with E-state index in [4.69, 9.17) is 11.6 Å². The molecule has 0 atom stereocenters. The summed E-state index contributed by atoms with van der Waals surface area (Å²) in [5, 5.41) is 3.60. The SMILES string of the molecule is Fc1ccc(Nc2ncc(Cl)cc2Br)cc1. The number of pyridine rings is 1. The second-order valence-electron chi connectivity index (χ2n) is 3.12. The summed E-state index contributed by atoms with van der Waals surface area (Å²) in [5.41, 5.74) is 0.761. The highest BCUT2D eigenvalue weighted by Crippen LogP contribution is 2.26. The van der Waals surface area contributed by atoms with Crippen LogP contribution < -0.4 is 5.32 Å². The fourth-order valence-electron chi connectivity index (χ4n) is 1.18. The highest BCUT2D eigenvalue weighted by atomic mass is 79.9. The van der Waals surface area contributed by atoms with Crippen molar-refractivity contribution in [2.75, 3.05) is 5.32 Å². The molecule has 0 radical (unpaired) electrons. The van der Waals surface area contributed by atoms with Crippen LogP contribution >= 0.6 is 27.5 Å². The third-order valence-corrected chi connectivity index (χ3v) is 2.73. The minimum Gasteiger partial charge on any atom is -0.339 e. The van der Waals surface area contributed by atoms with Gasteiger partial charge >= 0.3 is 0 Å². The van der Waals surface area contributed by atoms with Gasteiger partial charge < -0.3 is 5.32 Å². The van der Waals surface area contributed by atoms with Crippen LogP contribution in [0, 0.1) is 5.82 Å². The second-order valence-corrected chi connectivity index (χ2v) is 4.41. The Morgan fingerprint density at radius 3 is 2.56 bits per heavy atom. The molecule has 0 bridgehead atoms.